The van der Waals surface area contributed by atoms with Crippen molar-refractivity contribution >= 4 is 16.9 Å². The number of hydrogen-bond acceptors (Lipinski definition) is 4. The molecule has 0 aromatic heterocycles. The molecule has 0 aromatic rings. The molecule has 0 saturated heterocycles. The summed E-state index contributed by atoms with van der Waals surface area (Å²) in [5.74, 6) is 0. The van der Waals surface area contributed by atoms with Crippen LogP contribution in [-0.4, -0.2) is 35.3 Å². The van der Waals surface area contributed by atoms with E-state index in [-0.39, 0.29) is 22.4 Å². The summed E-state index contributed by atoms with van der Waals surface area (Å²) in [6, 6.07) is 0. The van der Waals surface area contributed by atoms with Crippen molar-refractivity contribution in [3.05, 3.63) is 0 Å². The lowest BCUT2D eigenvalue weighted by Crippen LogP contribution is -2.20. The van der Waals surface area contributed by atoms with Crippen molar-refractivity contribution in [2.45, 2.75) is 90.7 Å². The lowest BCUT2D eigenvalue weighted by Gasteiger charge is -2.19. The molecule has 0 heterocycles. The van der Waals surface area contributed by atoms with E-state index < -0.39 is 0 Å². The van der Waals surface area contributed by atoms with Crippen LogP contribution >= 0.6 is 11.8 Å². The van der Waals surface area contributed by atoms with E-state index in [0.29, 0.717) is 19.6 Å². The van der Waals surface area contributed by atoms with Gasteiger partial charge in [0.05, 0.1) is 18.5 Å². The molecular weight excluding hydrogens is 308 g/mol. The number of carbonyl (C=O) groups is 1. The summed E-state index contributed by atoms with van der Waals surface area (Å²) < 4.78 is 5.61. The molecule has 0 unspecified atom stereocenters. The molecule has 23 heavy (non-hydrogen) atoms. The summed E-state index contributed by atoms with van der Waals surface area (Å²) in [6.07, 6.45) is 10.2. The Morgan fingerprint density at radius 3 is 2.26 bits per heavy atom. The van der Waals surface area contributed by atoms with E-state index in [1.807, 2.05) is 0 Å². The number of unbranched alkanes of at least 4 members (excludes halogenated alkanes) is 6. The van der Waals surface area contributed by atoms with Gasteiger partial charge in [0.2, 0.25) is 0 Å². The van der Waals surface area contributed by atoms with Gasteiger partial charge in [0.1, 0.15) is 0 Å². The Morgan fingerprint density at radius 1 is 1.09 bits per heavy atom. The van der Waals surface area contributed by atoms with Crippen LogP contribution in [0.4, 0.5) is 0 Å². The molecule has 0 aromatic carbocycles. The Labute approximate surface area is 148 Å². The second-order valence-electron chi connectivity index (χ2n) is 7.55. The fourth-order valence-electron chi connectivity index (χ4n) is 2.19. The monoisotopic (exact) mass is 346 g/mol. The van der Waals surface area contributed by atoms with Crippen LogP contribution in [-0.2, 0) is 9.53 Å². The largest absolute Gasteiger partial charge is 0.395 e. The maximum absolute atomic E-state index is 11.9. The summed E-state index contributed by atoms with van der Waals surface area (Å²) in [5, 5.41) is 9.45. The van der Waals surface area contributed by atoms with Gasteiger partial charge in [-0.2, -0.15) is 0 Å². The number of rotatable bonds is 14. The fraction of sp³-hybridized carbons (Fsp3) is 0.947. The fourth-order valence-corrected chi connectivity index (χ4v) is 3.06. The summed E-state index contributed by atoms with van der Waals surface area (Å²) >= 11 is 1.26. The highest BCUT2D eigenvalue weighted by atomic mass is 32.2. The second kappa shape index (κ2) is 14.3. The van der Waals surface area contributed by atoms with Crippen LogP contribution in [0.2, 0.25) is 0 Å². The zero-order valence-corrected chi connectivity index (χ0v) is 16.6. The zero-order chi connectivity index (χ0) is 17.6. The SMILES string of the molecule is CCCCCCCCCC(=O)S[C@@H](CO)COCCC(C)(C)C. The van der Waals surface area contributed by atoms with Crippen molar-refractivity contribution in [1.29, 1.82) is 0 Å². The van der Waals surface area contributed by atoms with Crippen LogP contribution < -0.4 is 0 Å². The molecule has 0 fully saturated rings. The van der Waals surface area contributed by atoms with Gasteiger partial charge in [-0.3, -0.25) is 4.79 Å². The summed E-state index contributed by atoms with van der Waals surface area (Å²) in [7, 11) is 0. The molecule has 0 radical (unpaired) electrons. The predicted octanol–water partition coefficient (Wildman–Crippen LogP) is 5.20. The van der Waals surface area contributed by atoms with Crippen molar-refractivity contribution in [1.82, 2.24) is 0 Å². The van der Waals surface area contributed by atoms with E-state index in [1.165, 1.54) is 43.9 Å². The smallest absolute Gasteiger partial charge is 0.189 e. The molecule has 0 aliphatic heterocycles. The molecule has 1 atom stereocenters. The summed E-state index contributed by atoms with van der Waals surface area (Å²) in [4.78, 5) is 11.9. The van der Waals surface area contributed by atoms with E-state index in [9.17, 15) is 9.90 Å². The van der Waals surface area contributed by atoms with E-state index in [2.05, 4.69) is 27.7 Å². The Kier molecular flexibility index (Phi) is 14.3. The van der Waals surface area contributed by atoms with Gasteiger partial charge in [0.15, 0.2) is 5.12 Å². The topological polar surface area (TPSA) is 46.5 Å². The van der Waals surface area contributed by atoms with Gasteiger partial charge in [0, 0.05) is 13.0 Å². The van der Waals surface area contributed by atoms with Gasteiger partial charge in [-0.05, 0) is 18.3 Å². The summed E-state index contributed by atoms with van der Waals surface area (Å²) in [5.41, 5.74) is 0.259. The van der Waals surface area contributed by atoms with Gasteiger partial charge in [-0.15, -0.1) is 0 Å². The van der Waals surface area contributed by atoms with E-state index in [0.717, 1.165) is 19.3 Å². The molecule has 0 rings (SSSR count). The van der Waals surface area contributed by atoms with Crippen LogP contribution in [0.25, 0.3) is 0 Å². The second-order valence-corrected chi connectivity index (χ2v) is 8.91. The molecule has 0 bridgehead atoms. The number of ether oxygens (including phenoxy) is 1. The highest BCUT2D eigenvalue weighted by molar-refractivity contribution is 8.14. The van der Waals surface area contributed by atoms with E-state index in [4.69, 9.17) is 4.74 Å². The molecular formula is C19H38O3S. The van der Waals surface area contributed by atoms with Gasteiger partial charge in [-0.25, -0.2) is 0 Å². The highest BCUT2D eigenvalue weighted by Gasteiger charge is 2.15. The first-order valence-corrected chi connectivity index (χ1v) is 10.1. The van der Waals surface area contributed by atoms with Crippen LogP contribution in [0.1, 0.15) is 85.5 Å². The molecule has 0 aliphatic rings. The quantitative estimate of drug-likeness (QED) is 0.439. The normalized spacial score (nSPS) is 13.3. The van der Waals surface area contributed by atoms with E-state index in [1.54, 1.807) is 0 Å². The molecule has 4 heteroatoms. The molecule has 0 amide bonds. The van der Waals surface area contributed by atoms with Crippen LogP contribution in [0.3, 0.4) is 0 Å². The van der Waals surface area contributed by atoms with Gasteiger partial charge in [-0.1, -0.05) is 78.0 Å². The third kappa shape index (κ3) is 16.6. The molecule has 1 N–H and O–H groups in total. The van der Waals surface area contributed by atoms with Crippen LogP contribution in [0.5, 0.6) is 0 Å². The number of carbonyl (C=O) groups excluding carboxylic acids is 1. The first-order chi connectivity index (χ1) is 10.9. The van der Waals surface area contributed by atoms with Crippen molar-refractivity contribution in [2.24, 2.45) is 5.41 Å². The average molecular weight is 347 g/mol. The Morgan fingerprint density at radius 2 is 1.70 bits per heavy atom. The number of hydrogen-bond donors (Lipinski definition) is 1. The van der Waals surface area contributed by atoms with Gasteiger partial charge < -0.3 is 9.84 Å². The standard InChI is InChI=1S/C19H38O3S/c1-5-6-7-8-9-10-11-12-18(21)23-17(15-20)16-22-14-13-19(2,3)4/h17,20H,5-16H2,1-4H3/t17-/m0/s1. The number of thioether (sulfide) groups is 1. The van der Waals surface area contributed by atoms with E-state index >= 15 is 0 Å². The van der Waals surface area contributed by atoms with Crippen molar-refractivity contribution < 1.29 is 14.6 Å². The summed E-state index contributed by atoms with van der Waals surface area (Å²) in [6.45, 7) is 9.91. The molecule has 0 spiro atoms. The minimum atomic E-state index is -0.118. The molecule has 138 valence electrons. The predicted molar refractivity (Wildman–Crippen MR) is 101 cm³/mol. The van der Waals surface area contributed by atoms with Crippen molar-refractivity contribution in [2.75, 3.05) is 19.8 Å². The van der Waals surface area contributed by atoms with Gasteiger partial charge in [0.25, 0.3) is 0 Å². The van der Waals surface area contributed by atoms with Crippen LogP contribution in [0.15, 0.2) is 0 Å². The first kappa shape index (κ1) is 22.9. The van der Waals surface area contributed by atoms with Gasteiger partial charge >= 0.3 is 0 Å². The van der Waals surface area contributed by atoms with Crippen molar-refractivity contribution in [3.63, 3.8) is 0 Å². The first-order valence-electron chi connectivity index (χ1n) is 9.27. The van der Waals surface area contributed by atoms with Crippen molar-refractivity contribution in [3.8, 4) is 0 Å². The zero-order valence-electron chi connectivity index (χ0n) is 15.7. The molecule has 3 nitrogen and oxygen atoms in total. The minimum absolute atomic E-state index is 0.00292. The average Bonchev–Trinajstić information content (AvgIpc) is 2.48. The molecule has 0 saturated carbocycles. The number of aliphatic hydroxyl groups is 1. The maximum Gasteiger partial charge on any atom is 0.189 e. The number of aliphatic hydroxyl groups excluding tert-OH is 1. The lowest BCUT2D eigenvalue weighted by molar-refractivity contribution is -0.111. The Bertz CT molecular complexity index is 287. The lowest BCUT2D eigenvalue weighted by atomic mass is 9.93. The highest BCUT2D eigenvalue weighted by Crippen LogP contribution is 2.20. The third-order valence-corrected chi connectivity index (χ3v) is 4.87. The maximum atomic E-state index is 11.9. The molecule has 0 aliphatic carbocycles. The Balaban J connectivity index is 3.64. The minimum Gasteiger partial charge on any atom is -0.395 e. The Hall–Kier alpha value is -0.0600. The third-order valence-electron chi connectivity index (χ3n) is 3.79. The van der Waals surface area contributed by atoms with Crippen LogP contribution in [0, 0.1) is 5.41 Å².